The van der Waals surface area contributed by atoms with Crippen LogP contribution in [0.5, 0.6) is 5.75 Å². The summed E-state index contributed by atoms with van der Waals surface area (Å²) in [7, 11) is 2.18. The first-order chi connectivity index (χ1) is 17.3. The maximum absolute atomic E-state index is 11.6. The van der Waals surface area contributed by atoms with Gasteiger partial charge in [0, 0.05) is 24.8 Å². The number of pyridine rings is 1. The summed E-state index contributed by atoms with van der Waals surface area (Å²) < 4.78 is 38.5. The van der Waals surface area contributed by atoms with Gasteiger partial charge in [0.15, 0.2) is 0 Å². The van der Waals surface area contributed by atoms with Crippen molar-refractivity contribution < 1.29 is 22.7 Å². The summed E-state index contributed by atoms with van der Waals surface area (Å²) in [6.45, 7) is 10.7. The van der Waals surface area contributed by atoms with E-state index in [1.165, 1.54) is 23.3 Å². The number of hydrogen-bond donors (Lipinski definition) is 2. The Morgan fingerprint density at radius 3 is 2.56 bits per heavy atom. The fraction of sp³-hybridized carbons (Fsp3) is 0.423. The molecule has 0 spiro atoms. The predicted octanol–water partition coefficient (Wildman–Crippen LogP) is 5.21. The van der Waals surface area contributed by atoms with E-state index in [-0.39, 0.29) is 5.75 Å². The van der Waals surface area contributed by atoms with Crippen LogP contribution in [0.4, 0.5) is 24.7 Å². The summed E-state index contributed by atoms with van der Waals surface area (Å²) in [5.74, 6) is 0.987. The first-order valence-electron chi connectivity index (χ1n) is 11.8. The number of halogens is 3. The highest BCUT2D eigenvalue weighted by molar-refractivity contribution is 5.74. The average molecular weight is 503 g/mol. The Morgan fingerprint density at radius 1 is 1.25 bits per heavy atom. The molecule has 0 radical (unpaired) electrons. The first kappa shape index (κ1) is 27.2. The third-order valence-electron chi connectivity index (χ3n) is 6.08. The number of benzene rings is 1. The number of nitrogens with zero attached hydrogens (tertiary/aromatic N) is 3. The van der Waals surface area contributed by atoms with Gasteiger partial charge in [0.1, 0.15) is 12.0 Å². The maximum Gasteiger partial charge on any atom is 0.573 e. The SMILES string of the molecule is C#[N+]c1c(C2CCN(C)CC2)ccnc1NCC1=CCCNC1.O=Cc1ccc(OC(F)(F)F)cc1. The van der Waals surface area contributed by atoms with E-state index in [2.05, 4.69) is 49.3 Å². The van der Waals surface area contributed by atoms with E-state index < -0.39 is 6.36 Å². The van der Waals surface area contributed by atoms with Gasteiger partial charge in [0.2, 0.25) is 5.82 Å². The minimum Gasteiger partial charge on any atom is -0.406 e. The van der Waals surface area contributed by atoms with Gasteiger partial charge in [-0.2, -0.15) is 0 Å². The fourth-order valence-electron chi connectivity index (χ4n) is 4.16. The maximum atomic E-state index is 11.6. The van der Waals surface area contributed by atoms with Crippen molar-refractivity contribution in [2.45, 2.75) is 31.5 Å². The quantitative estimate of drug-likeness (QED) is 0.417. The summed E-state index contributed by atoms with van der Waals surface area (Å²) >= 11 is 0. The van der Waals surface area contributed by atoms with Gasteiger partial charge < -0.3 is 20.3 Å². The first-order valence-corrected chi connectivity index (χ1v) is 11.8. The van der Waals surface area contributed by atoms with Gasteiger partial charge >= 0.3 is 12.0 Å². The second-order valence-electron chi connectivity index (χ2n) is 8.72. The number of rotatable bonds is 6. The number of aromatic nitrogens is 1. The number of piperidine rings is 1. The van der Waals surface area contributed by atoms with Crippen molar-refractivity contribution in [1.82, 2.24) is 15.2 Å². The molecule has 3 heterocycles. The lowest BCUT2D eigenvalue weighted by Gasteiger charge is -2.28. The van der Waals surface area contributed by atoms with E-state index in [4.69, 9.17) is 6.57 Å². The Hall–Kier alpha value is -3.42. The summed E-state index contributed by atoms with van der Waals surface area (Å²) in [5, 5.41) is 6.80. The Morgan fingerprint density at radius 2 is 1.97 bits per heavy atom. The molecule has 2 aliphatic rings. The fourth-order valence-corrected chi connectivity index (χ4v) is 4.16. The number of carbonyl (C=O) groups excluding carboxylic acids is 1. The van der Waals surface area contributed by atoms with Crippen molar-refractivity contribution in [1.29, 1.82) is 0 Å². The normalized spacial score (nSPS) is 16.7. The van der Waals surface area contributed by atoms with Crippen molar-refractivity contribution in [2.24, 2.45) is 0 Å². The summed E-state index contributed by atoms with van der Waals surface area (Å²) in [6.07, 6.45) is 3.41. The highest BCUT2D eigenvalue weighted by Crippen LogP contribution is 2.37. The minimum absolute atomic E-state index is 0.300. The van der Waals surface area contributed by atoms with Crippen LogP contribution in [0.2, 0.25) is 0 Å². The van der Waals surface area contributed by atoms with Crippen LogP contribution in [-0.2, 0) is 0 Å². The van der Waals surface area contributed by atoms with Crippen molar-refractivity contribution in [3.63, 3.8) is 0 Å². The number of likely N-dealkylation sites (tertiary alicyclic amines) is 1. The highest BCUT2D eigenvalue weighted by atomic mass is 19.4. The molecule has 0 saturated carbocycles. The van der Waals surface area contributed by atoms with Crippen LogP contribution in [0.15, 0.2) is 48.2 Å². The van der Waals surface area contributed by atoms with Crippen molar-refractivity contribution in [2.75, 3.05) is 45.1 Å². The molecule has 0 bridgehead atoms. The largest absolute Gasteiger partial charge is 0.573 e. The van der Waals surface area contributed by atoms with Crippen LogP contribution < -0.4 is 15.4 Å². The zero-order valence-corrected chi connectivity index (χ0v) is 20.2. The number of anilines is 1. The Balaban J connectivity index is 0.000000236. The van der Waals surface area contributed by atoms with E-state index in [1.54, 1.807) is 0 Å². The van der Waals surface area contributed by atoms with Crippen LogP contribution in [0.1, 0.15) is 41.1 Å². The lowest BCUT2D eigenvalue weighted by molar-refractivity contribution is -0.274. The van der Waals surface area contributed by atoms with Gasteiger partial charge in [-0.15, -0.1) is 13.2 Å². The highest BCUT2D eigenvalue weighted by Gasteiger charge is 2.31. The standard InChI is InChI=1S/C18H26N5.C8H5F3O2/c1-19-17-16(15-6-10-23(2)11-7-15)5-9-21-18(17)22-13-14-4-3-8-20-12-14;9-8(10,11)13-7-3-1-6(5-12)2-4-7/h1,4-5,9,15,20H,3,6-8,10-13H2,2H3,(H,21,22);1-5H/q+1;. The van der Waals surface area contributed by atoms with E-state index in [1.807, 2.05) is 6.20 Å². The third-order valence-corrected chi connectivity index (χ3v) is 6.08. The van der Waals surface area contributed by atoms with Crippen LogP contribution in [0.25, 0.3) is 4.85 Å². The average Bonchev–Trinajstić information content (AvgIpc) is 2.88. The molecule has 0 aliphatic carbocycles. The van der Waals surface area contributed by atoms with E-state index in [0.29, 0.717) is 17.8 Å². The van der Waals surface area contributed by atoms with Crippen LogP contribution >= 0.6 is 0 Å². The molecule has 1 saturated heterocycles. The molecule has 2 aromatic rings. The van der Waals surface area contributed by atoms with E-state index >= 15 is 0 Å². The molecular formula is C26H31F3N5O2+. The molecule has 36 heavy (non-hydrogen) atoms. The molecule has 7 nitrogen and oxygen atoms in total. The number of nitrogens with one attached hydrogen (secondary N) is 2. The topological polar surface area (TPSA) is 70.9 Å². The minimum atomic E-state index is -4.69. The van der Waals surface area contributed by atoms with Crippen LogP contribution in [0, 0.1) is 6.57 Å². The number of hydrogen-bond acceptors (Lipinski definition) is 6. The van der Waals surface area contributed by atoms with Gasteiger partial charge in [-0.1, -0.05) is 6.08 Å². The molecule has 1 aromatic carbocycles. The van der Waals surface area contributed by atoms with Crippen LogP contribution in [0.3, 0.4) is 0 Å². The lowest BCUT2D eigenvalue weighted by Crippen LogP contribution is -2.29. The zero-order valence-electron chi connectivity index (χ0n) is 20.2. The molecule has 1 fully saturated rings. The second kappa shape index (κ2) is 13.0. The molecule has 0 atom stereocenters. The summed E-state index contributed by atoms with van der Waals surface area (Å²) in [4.78, 5) is 21.0. The molecule has 0 unspecified atom stereocenters. The van der Waals surface area contributed by atoms with Crippen LogP contribution in [-0.4, -0.2) is 62.3 Å². The Kier molecular flexibility index (Phi) is 9.85. The van der Waals surface area contributed by atoms with Gasteiger partial charge in [0.25, 0.3) is 6.57 Å². The molecule has 2 N–H and O–H groups in total. The predicted molar refractivity (Wildman–Crippen MR) is 134 cm³/mol. The van der Waals surface area contributed by atoms with Gasteiger partial charge in [-0.25, -0.2) is 4.98 Å². The molecule has 1 aromatic heterocycles. The monoisotopic (exact) mass is 502 g/mol. The Labute approximate surface area is 209 Å². The molecule has 192 valence electrons. The summed E-state index contributed by atoms with van der Waals surface area (Å²) in [5.41, 5.74) is 3.72. The Bertz CT molecular complexity index is 1070. The lowest BCUT2D eigenvalue weighted by atomic mass is 9.89. The van der Waals surface area contributed by atoms with Gasteiger partial charge in [-0.05, 0) is 92.6 Å². The molecular weight excluding hydrogens is 471 g/mol. The van der Waals surface area contributed by atoms with E-state index in [0.717, 1.165) is 75.6 Å². The molecule has 0 amide bonds. The van der Waals surface area contributed by atoms with Gasteiger partial charge in [-0.3, -0.25) is 4.79 Å². The smallest absolute Gasteiger partial charge is 0.406 e. The molecule has 2 aliphatic heterocycles. The van der Waals surface area contributed by atoms with Crippen molar-refractivity contribution >= 4 is 17.8 Å². The zero-order chi connectivity index (χ0) is 26.0. The molecule has 10 heteroatoms. The number of ether oxygens (including phenoxy) is 1. The van der Waals surface area contributed by atoms with Crippen molar-refractivity contribution in [3.05, 3.63) is 64.1 Å². The summed E-state index contributed by atoms with van der Waals surface area (Å²) in [6, 6.07) is 6.73. The second-order valence-corrected chi connectivity index (χ2v) is 8.72. The van der Waals surface area contributed by atoms with E-state index in [9.17, 15) is 18.0 Å². The third kappa shape index (κ3) is 8.36. The number of carbonyl (C=O) groups is 1. The van der Waals surface area contributed by atoms with Crippen molar-refractivity contribution in [3.8, 4) is 12.3 Å². The number of alkyl halides is 3. The number of aldehydes is 1. The van der Waals surface area contributed by atoms with Gasteiger partial charge in [0.05, 0.1) is 5.56 Å². The molecule has 4 rings (SSSR count).